The summed E-state index contributed by atoms with van der Waals surface area (Å²) in [7, 11) is -3.27. The Balaban J connectivity index is 1.93. The quantitative estimate of drug-likeness (QED) is 0.775. The third-order valence-corrected chi connectivity index (χ3v) is 5.69. The molecule has 0 aliphatic carbocycles. The maximum atomic E-state index is 12.4. The molecule has 2 aromatic carbocycles. The van der Waals surface area contributed by atoms with Gasteiger partial charge in [-0.05, 0) is 43.7 Å². The number of rotatable bonds is 3. The molecule has 1 amide bonds. The summed E-state index contributed by atoms with van der Waals surface area (Å²) < 4.78 is 24.0. The van der Waals surface area contributed by atoms with Gasteiger partial charge < -0.3 is 0 Å². The zero-order chi connectivity index (χ0) is 17.5. The molecule has 7 heteroatoms. The standard InChI is InChI=1S/C17H16N2O3S2/c1-10-4-5-11(2)13(8-10)16(20)19-17-18-14-7-6-12(24(3,21)22)9-15(14)23-17/h4-9H,1-3H3,(H,18,19,20). The van der Waals surface area contributed by atoms with Crippen molar-refractivity contribution in [3.8, 4) is 0 Å². The van der Waals surface area contributed by atoms with E-state index < -0.39 is 9.84 Å². The number of benzene rings is 2. The number of hydrogen-bond donors (Lipinski definition) is 1. The van der Waals surface area contributed by atoms with Crippen LogP contribution < -0.4 is 5.32 Å². The van der Waals surface area contributed by atoms with Crippen LogP contribution in [0.25, 0.3) is 10.2 Å². The number of carbonyl (C=O) groups is 1. The molecule has 0 bridgehead atoms. The second-order valence-electron chi connectivity index (χ2n) is 5.69. The second-order valence-corrected chi connectivity index (χ2v) is 8.74. The number of thiazole rings is 1. The predicted molar refractivity (Wildman–Crippen MR) is 96.6 cm³/mol. The molecular formula is C17H16N2O3S2. The van der Waals surface area contributed by atoms with Gasteiger partial charge in [-0.15, -0.1) is 0 Å². The van der Waals surface area contributed by atoms with Gasteiger partial charge in [0.1, 0.15) is 0 Å². The van der Waals surface area contributed by atoms with Crippen LogP contribution in [-0.2, 0) is 9.84 Å². The fourth-order valence-corrected chi connectivity index (χ4v) is 3.96. The number of aryl methyl sites for hydroxylation is 2. The van der Waals surface area contributed by atoms with Gasteiger partial charge in [-0.3, -0.25) is 10.1 Å². The SMILES string of the molecule is Cc1ccc(C)c(C(=O)Nc2nc3ccc(S(C)(=O)=O)cc3s2)c1. The van der Waals surface area contributed by atoms with E-state index in [2.05, 4.69) is 10.3 Å². The lowest BCUT2D eigenvalue weighted by Gasteiger charge is -2.06. The first kappa shape index (κ1) is 16.6. The van der Waals surface area contributed by atoms with Gasteiger partial charge >= 0.3 is 0 Å². The average molecular weight is 360 g/mol. The van der Waals surface area contributed by atoms with E-state index in [-0.39, 0.29) is 10.8 Å². The maximum Gasteiger partial charge on any atom is 0.257 e. The monoisotopic (exact) mass is 360 g/mol. The van der Waals surface area contributed by atoms with Crippen molar-refractivity contribution in [1.82, 2.24) is 4.98 Å². The number of nitrogens with zero attached hydrogens (tertiary/aromatic N) is 1. The van der Waals surface area contributed by atoms with E-state index >= 15 is 0 Å². The molecule has 0 aliphatic heterocycles. The van der Waals surface area contributed by atoms with Crippen LogP contribution in [-0.4, -0.2) is 25.6 Å². The lowest BCUT2D eigenvalue weighted by atomic mass is 10.1. The number of anilines is 1. The predicted octanol–water partition coefficient (Wildman–Crippen LogP) is 3.57. The molecule has 0 unspecified atom stereocenters. The first-order valence-corrected chi connectivity index (χ1v) is 9.94. The Labute approximate surface area is 144 Å². The van der Waals surface area contributed by atoms with Gasteiger partial charge in [0.25, 0.3) is 5.91 Å². The van der Waals surface area contributed by atoms with Crippen LogP contribution in [0.3, 0.4) is 0 Å². The lowest BCUT2D eigenvalue weighted by Crippen LogP contribution is -2.13. The Kier molecular flexibility index (Phi) is 4.15. The first-order chi connectivity index (χ1) is 11.2. The molecular weight excluding hydrogens is 344 g/mol. The minimum atomic E-state index is -3.27. The Morgan fingerprint density at radius 2 is 1.88 bits per heavy atom. The molecule has 1 aromatic heterocycles. The molecule has 1 N–H and O–H groups in total. The largest absolute Gasteiger partial charge is 0.298 e. The Hall–Kier alpha value is -2.25. The Morgan fingerprint density at radius 1 is 1.12 bits per heavy atom. The van der Waals surface area contributed by atoms with Gasteiger partial charge in [-0.25, -0.2) is 13.4 Å². The number of carbonyl (C=O) groups excluding carboxylic acids is 1. The summed E-state index contributed by atoms with van der Waals surface area (Å²) >= 11 is 1.25. The van der Waals surface area contributed by atoms with E-state index in [0.717, 1.165) is 11.1 Å². The summed E-state index contributed by atoms with van der Waals surface area (Å²) in [5, 5.41) is 3.24. The van der Waals surface area contributed by atoms with Gasteiger partial charge in [0.15, 0.2) is 15.0 Å². The number of sulfone groups is 1. The van der Waals surface area contributed by atoms with Gasteiger partial charge in [0, 0.05) is 11.8 Å². The zero-order valence-electron chi connectivity index (χ0n) is 13.5. The summed E-state index contributed by atoms with van der Waals surface area (Å²) in [6, 6.07) is 10.4. The van der Waals surface area contributed by atoms with Gasteiger partial charge in [0.2, 0.25) is 0 Å². The number of fused-ring (bicyclic) bond motifs is 1. The molecule has 0 fully saturated rings. The van der Waals surface area contributed by atoms with Crippen LogP contribution in [0.15, 0.2) is 41.3 Å². The number of amides is 1. The van der Waals surface area contributed by atoms with Crippen molar-refractivity contribution >= 4 is 42.4 Å². The molecule has 5 nitrogen and oxygen atoms in total. The third-order valence-electron chi connectivity index (χ3n) is 3.65. The number of hydrogen-bond acceptors (Lipinski definition) is 5. The van der Waals surface area contributed by atoms with Crippen LogP contribution in [0, 0.1) is 13.8 Å². The summed E-state index contributed by atoms with van der Waals surface area (Å²) in [5.74, 6) is -0.224. The fraction of sp³-hybridized carbons (Fsp3) is 0.176. The highest BCUT2D eigenvalue weighted by Gasteiger charge is 2.14. The molecule has 0 radical (unpaired) electrons. The maximum absolute atomic E-state index is 12.4. The minimum Gasteiger partial charge on any atom is -0.298 e. The average Bonchev–Trinajstić information content (AvgIpc) is 2.89. The van der Waals surface area contributed by atoms with E-state index in [9.17, 15) is 13.2 Å². The van der Waals surface area contributed by atoms with Crippen molar-refractivity contribution in [3.63, 3.8) is 0 Å². The Bertz CT molecular complexity index is 1050. The number of aromatic nitrogens is 1. The highest BCUT2D eigenvalue weighted by molar-refractivity contribution is 7.90. The minimum absolute atomic E-state index is 0.224. The molecule has 3 aromatic rings. The smallest absolute Gasteiger partial charge is 0.257 e. The van der Waals surface area contributed by atoms with Crippen molar-refractivity contribution in [1.29, 1.82) is 0 Å². The van der Waals surface area contributed by atoms with Crippen molar-refractivity contribution in [2.24, 2.45) is 0 Å². The molecule has 24 heavy (non-hydrogen) atoms. The molecule has 0 aliphatic rings. The third kappa shape index (κ3) is 3.32. The van der Waals surface area contributed by atoms with E-state index in [1.807, 2.05) is 32.0 Å². The van der Waals surface area contributed by atoms with Crippen LogP contribution in [0.5, 0.6) is 0 Å². The Morgan fingerprint density at radius 3 is 2.58 bits per heavy atom. The van der Waals surface area contributed by atoms with Gasteiger partial charge in [-0.1, -0.05) is 29.0 Å². The van der Waals surface area contributed by atoms with Crippen LogP contribution in [0.1, 0.15) is 21.5 Å². The summed E-state index contributed by atoms with van der Waals surface area (Å²) in [4.78, 5) is 17.0. The zero-order valence-corrected chi connectivity index (χ0v) is 15.1. The van der Waals surface area contributed by atoms with Crippen LogP contribution in [0.4, 0.5) is 5.13 Å². The normalized spacial score (nSPS) is 11.6. The van der Waals surface area contributed by atoms with Crippen molar-refractivity contribution in [2.45, 2.75) is 18.7 Å². The molecule has 0 saturated heterocycles. The topological polar surface area (TPSA) is 76.1 Å². The van der Waals surface area contributed by atoms with E-state index in [0.29, 0.717) is 20.9 Å². The van der Waals surface area contributed by atoms with Crippen LogP contribution in [0.2, 0.25) is 0 Å². The number of nitrogens with one attached hydrogen (secondary N) is 1. The van der Waals surface area contributed by atoms with Crippen LogP contribution >= 0.6 is 11.3 Å². The lowest BCUT2D eigenvalue weighted by molar-refractivity contribution is 0.102. The summed E-state index contributed by atoms with van der Waals surface area (Å²) in [5.41, 5.74) is 3.15. The van der Waals surface area contributed by atoms with E-state index in [1.165, 1.54) is 23.7 Å². The molecule has 1 heterocycles. The summed E-state index contributed by atoms with van der Waals surface area (Å²) in [6.45, 7) is 3.81. The van der Waals surface area contributed by atoms with Crippen molar-refractivity contribution in [2.75, 3.05) is 11.6 Å². The van der Waals surface area contributed by atoms with E-state index in [1.54, 1.807) is 12.1 Å². The van der Waals surface area contributed by atoms with Crippen molar-refractivity contribution in [3.05, 3.63) is 53.1 Å². The van der Waals surface area contributed by atoms with Gasteiger partial charge in [-0.2, -0.15) is 0 Å². The molecule has 0 atom stereocenters. The molecule has 3 rings (SSSR count). The van der Waals surface area contributed by atoms with E-state index in [4.69, 9.17) is 0 Å². The fourth-order valence-electron chi connectivity index (χ4n) is 2.33. The highest BCUT2D eigenvalue weighted by atomic mass is 32.2. The van der Waals surface area contributed by atoms with Gasteiger partial charge in [0.05, 0.1) is 15.1 Å². The molecule has 0 spiro atoms. The summed E-state index contributed by atoms with van der Waals surface area (Å²) in [6.07, 6.45) is 1.17. The first-order valence-electron chi connectivity index (χ1n) is 7.23. The molecule has 0 saturated carbocycles. The second kappa shape index (κ2) is 5.99. The molecule has 124 valence electrons. The van der Waals surface area contributed by atoms with Crippen molar-refractivity contribution < 1.29 is 13.2 Å². The highest BCUT2D eigenvalue weighted by Crippen LogP contribution is 2.28.